The molecule has 0 amide bonds. The number of fused-ring (bicyclic) bond motifs is 1. The number of H-pyrrole nitrogens is 1. The Morgan fingerprint density at radius 2 is 2.06 bits per heavy atom. The lowest BCUT2D eigenvalue weighted by Gasteiger charge is -2.11. The third kappa shape index (κ3) is 6.45. The number of halogens is 2. The number of benzene rings is 1. The van der Waals surface area contributed by atoms with Gasteiger partial charge >= 0.3 is 0 Å². The van der Waals surface area contributed by atoms with E-state index in [1.165, 1.54) is 0 Å². The van der Waals surface area contributed by atoms with Gasteiger partial charge in [0.2, 0.25) is 0 Å². The highest BCUT2D eigenvalue weighted by Crippen LogP contribution is 2.30. The fourth-order valence-electron chi connectivity index (χ4n) is 4.34. The molecule has 0 saturated heterocycles. The number of aryl methyl sites for hydroxylation is 1. The van der Waals surface area contributed by atoms with Crippen LogP contribution in [0.25, 0.3) is 11.0 Å². The van der Waals surface area contributed by atoms with E-state index >= 15 is 0 Å². The van der Waals surface area contributed by atoms with E-state index in [9.17, 15) is 4.79 Å². The zero-order valence-electron chi connectivity index (χ0n) is 19.8. The smallest absolute Gasteiger partial charge is 0.165 e. The number of carbonyl (C=O) groups is 1. The van der Waals surface area contributed by atoms with Crippen LogP contribution in [-0.4, -0.2) is 42.6 Å². The van der Waals surface area contributed by atoms with Gasteiger partial charge in [0.1, 0.15) is 11.5 Å². The van der Waals surface area contributed by atoms with Crippen molar-refractivity contribution < 1.29 is 9.53 Å². The average Bonchev–Trinajstić information content (AvgIpc) is 3.42. The summed E-state index contributed by atoms with van der Waals surface area (Å²) in [7, 11) is 1.95. The van der Waals surface area contributed by atoms with Crippen molar-refractivity contribution >= 4 is 40.0 Å². The molecular weight excluding hydrogens is 487 g/mol. The predicted octanol–water partition coefficient (Wildman–Crippen LogP) is 5.38. The Morgan fingerprint density at radius 3 is 2.83 bits per heavy atom. The van der Waals surface area contributed by atoms with Crippen molar-refractivity contribution in [2.24, 2.45) is 13.0 Å². The van der Waals surface area contributed by atoms with Gasteiger partial charge in [-0.25, -0.2) is 10.1 Å². The molecule has 1 atom stereocenters. The van der Waals surface area contributed by atoms with Crippen LogP contribution < -0.4 is 0 Å². The number of carbonyl (C=O) groups excluding carboxylic acids is 1. The summed E-state index contributed by atoms with van der Waals surface area (Å²) in [5, 5.41) is 15.9. The maximum absolute atomic E-state index is 13.5. The minimum atomic E-state index is 0.0758. The van der Waals surface area contributed by atoms with Crippen molar-refractivity contribution in [1.82, 2.24) is 30.2 Å². The first-order valence-corrected chi connectivity index (χ1v) is 12.4. The Morgan fingerprint density at radius 1 is 1.20 bits per heavy atom. The topological polar surface area (TPSA) is 98.6 Å². The lowest BCUT2D eigenvalue weighted by atomic mass is 9.94. The van der Waals surface area contributed by atoms with E-state index in [4.69, 9.17) is 27.9 Å². The van der Waals surface area contributed by atoms with Crippen LogP contribution in [0.1, 0.15) is 53.6 Å². The largest absolute Gasteiger partial charge is 0.377 e. The van der Waals surface area contributed by atoms with Gasteiger partial charge in [0.25, 0.3) is 0 Å². The Hall–Kier alpha value is -2.81. The summed E-state index contributed by atoms with van der Waals surface area (Å²) in [6.07, 6.45) is 5.09. The molecule has 4 rings (SSSR count). The minimum Gasteiger partial charge on any atom is -0.377 e. The van der Waals surface area contributed by atoms with Gasteiger partial charge in [-0.15, -0.1) is 5.10 Å². The number of tetrazole rings is 1. The molecule has 0 aliphatic heterocycles. The maximum Gasteiger partial charge on any atom is 0.165 e. The summed E-state index contributed by atoms with van der Waals surface area (Å²) >= 11 is 12.3. The Kier molecular flexibility index (Phi) is 8.49. The van der Waals surface area contributed by atoms with Crippen LogP contribution in [0.15, 0.2) is 36.5 Å². The molecule has 184 valence electrons. The number of unbranched alkanes of at least 4 members (excludes halogenated alkanes) is 1. The van der Waals surface area contributed by atoms with E-state index in [1.54, 1.807) is 6.20 Å². The molecule has 0 bridgehead atoms. The van der Waals surface area contributed by atoms with Crippen LogP contribution in [0.5, 0.6) is 0 Å². The number of aromatic nitrogens is 6. The molecule has 0 radical (unpaired) electrons. The number of nitrogens with one attached hydrogen (secondary N) is 1. The molecule has 3 aromatic heterocycles. The van der Waals surface area contributed by atoms with Gasteiger partial charge in [-0.1, -0.05) is 42.3 Å². The molecule has 4 aromatic rings. The number of rotatable bonds is 12. The molecule has 35 heavy (non-hydrogen) atoms. The number of pyridine rings is 1. The van der Waals surface area contributed by atoms with Crippen molar-refractivity contribution in [3.63, 3.8) is 0 Å². The van der Waals surface area contributed by atoms with Crippen LogP contribution >= 0.6 is 23.2 Å². The number of hydrogen-bond donors (Lipinski definition) is 1. The highest BCUT2D eigenvalue weighted by atomic mass is 35.5. The second-order valence-corrected chi connectivity index (χ2v) is 9.70. The quantitative estimate of drug-likeness (QED) is 0.201. The first kappa shape index (κ1) is 25.3. The predicted molar refractivity (Wildman–Crippen MR) is 136 cm³/mol. The standard InChI is InChI=1S/C25H28Cl2N6O2/c1-16(11-23-29-31-32-30-23)10-22(34)24-20-13-19(27)14-28-25(20)33(2)21(24)8-3-4-9-35-15-17-6-5-7-18(26)12-17/h5-7,12-14,16H,3-4,8-11,15H2,1-2H3,(H,29,30,31,32)/t16-/m0/s1. The number of nitrogens with zero attached hydrogens (tertiary/aromatic N) is 5. The van der Waals surface area contributed by atoms with Gasteiger partial charge in [-0.2, -0.15) is 0 Å². The molecule has 1 aromatic carbocycles. The van der Waals surface area contributed by atoms with E-state index in [0.717, 1.165) is 41.6 Å². The fourth-order valence-corrected chi connectivity index (χ4v) is 4.71. The van der Waals surface area contributed by atoms with Gasteiger partial charge in [0, 0.05) is 54.4 Å². The van der Waals surface area contributed by atoms with Crippen LogP contribution in [0.2, 0.25) is 10.0 Å². The van der Waals surface area contributed by atoms with Crippen molar-refractivity contribution in [1.29, 1.82) is 0 Å². The Labute approximate surface area is 214 Å². The van der Waals surface area contributed by atoms with Gasteiger partial charge in [-0.05, 0) is 59.4 Å². The Balaban J connectivity index is 1.42. The first-order valence-electron chi connectivity index (χ1n) is 11.6. The van der Waals surface area contributed by atoms with Crippen molar-refractivity contribution in [3.05, 3.63) is 69.2 Å². The molecule has 8 nitrogen and oxygen atoms in total. The first-order chi connectivity index (χ1) is 16.9. The van der Waals surface area contributed by atoms with Gasteiger partial charge in [0.15, 0.2) is 5.78 Å². The molecule has 0 saturated carbocycles. The van der Waals surface area contributed by atoms with Crippen molar-refractivity contribution in [2.75, 3.05) is 6.61 Å². The summed E-state index contributed by atoms with van der Waals surface area (Å²) in [6, 6.07) is 9.51. The summed E-state index contributed by atoms with van der Waals surface area (Å²) < 4.78 is 7.83. The normalized spacial score (nSPS) is 12.3. The summed E-state index contributed by atoms with van der Waals surface area (Å²) in [5.41, 5.74) is 3.50. The van der Waals surface area contributed by atoms with Crippen LogP contribution in [0.4, 0.5) is 0 Å². The van der Waals surface area contributed by atoms with Gasteiger partial charge < -0.3 is 9.30 Å². The SMILES string of the molecule is C[C@@H](CC(=O)c1c(CCCCOCc2cccc(Cl)c2)n(C)c2ncc(Cl)cc12)Cc1nnn[nH]1. The lowest BCUT2D eigenvalue weighted by molar-refractivity contribution is 0.0964. The minimum absolute atomic E-state index is 0.0758. The third-order valence-corrected chi connectivity index (χ3v) is 6.41. The molecule has 0 unspecified atom stereocenters. The summed E-state index contributed by atoms with van der Waals surface area (Å²) in [5.74, 6) is 0.824. The van der Waals surface area contributed by atoms with E-state index in [1.807, 2.05) is 48.9 Å². The van der Waals surface area contributed by atoms with Crippen LogP contribution in [0.3, 0.4) is 0 Å². The van der Waals surface area contributed by atoms with E-state index in [2.05, 4.69) is 25.6 Å². The third-order valence-electron chi connectivity index (χ3n) is 5.97. The van der Waals surface area contributed by atoms with Crippen LogP contribution in [-0.2, 0) is 31.2 Å². The zero-order chi connectivity index (χ0) is 24.8. The van der Waals surface area contributed by atoms with Gasteiger partial charge in [0.05, 0.1) is 11.6 Å². The molecule has 3 heterocycles. The molecule has 0 aliphatic rings. The molecular formula is C25H28Cl2N6O2. The van der Waals surface area contributed by atoms with Crippen molar-refractivity contribution in [2.45, 2.75) is 45.6 Å². The number of ether oxygens (including phenoxy) is 1. The number of Topliss-reactive ketones (excluding diaryl/α,β-unsaturated/α-hetero) is 1. The highest BCUT2D eigenvalue weighted by Gasteiger charge is 2.23. The van der Waals surface area contributed by atoms with E-state index in [-0.39, 0.29) is 11.7 Å². The summed E-state index contributed by atoms with van der Waals surface area (Å²) in [4.78, 5) is 18.0. The zero-order valence-corrected chi connectivity index (χ0v) is 21.3. The van der Waals surface area contributed by atoms with E-state index < -0.39 is 0 Å². The monoisotopic (exact) mass is 514 g/mol. The van der Waals surface area contributed by atoms with Crippen molar-refractivity contribution in [3.8, 4) is 0 Å². The van der Waals surface area contributed by atoms with E-state index in [0.29, 0.717) is 47.5 Å². The fraction of sp³-hybridized carbons (Fsp3) is 0.400. The second-order valence-electron chi connectivity index (χ2n) is 8.83. The number of hydrogen-bond acceptors (Lipinski definition) is 6. The second kappa shape index (κ2) is 11.7. The molecule has 0 aliphatic carbocycles. The molecule has 10 heteroatoms. The number of aromatic amines is 1. The Bertz CT molecular complexity index is 1290. The highest BCUT2D eigenvalue weighted by molar-refractivity contribution is 6.31. The molecule has 0 spiro atoms. The molecule has 0 fully saturated rings. The lowest BCUT2D eigenvalue weighted by Crippen LogP contribution is -2.12. The van der Waals surface area contributed by atoms with Gasteiger partial charge in [-0.3, -0.25) is 4.79 Å². The maximum atomic E-state index is 13.5. The average molecular weight is 515 g/mol. The van der Waals surface area contributed by atoms with Crippen LogP contribution in [0, 0.1) is 5.92 Å². The molecule has 1 N–H and O–H groups in total. The summed E-state index contributed by atoms with van der Waals surface area (Å²) in [6.45, 7) is 3.18. The number of ketones is 1.